The van der Waals surface area contributed by atoms with Crippen molar-refractivity contribution in [3.8, 4) is 0 Å². The molecule has 0 aliphatic carbocycles. The van der Waals surface area contributed by atoms with Gasteiger partial charge in [0.25, 0.3) is 0 Å². The highest BCUT2D eigenvalue weighted by Crippen LogP contribution is 2.24. The van der Waals surface area contributed by atoms with Gasteiger partial charge < -0.3 is 10.2 Å². The summed E-state index contributed by atoms with van der Waals surface area (Å²) in [6.45, 7) is 8.06. The number of benzene rings is 2. The number of nitrogens with zero attached hydrogens (tertiary/aromatic N) is 1. The Balaban J connectivity index is 2.10. The number of carbonyl (C=O) groups is 2. The van der Waals surface area contributed by atoms with E-state index in [-0.39, 0.29) is 17.9 Å². The number of carbonyl (C=O) groups excluding carboxylic acids is 2. The van der Waals surface area contributed by atoms with Gasteiger partial charge in [-0.1, -0.05) is 53.9 Å². The van der Waals surface area contributed by atoms with Crippen LogP contribution in [0.3, 0.4) is 0 Å². The normalized spacial score (nSPS) is 12.8. The summed E-state index contributed by atoms with van der Waals surface area (Å²) in [5, 5.41) is 3.86. The van der Waals surface area contributed by atoms with Gasteiger partial charge in [0.15, 0.2) is 0 Å². The highest BCUT2D eigenvalue weighted by Gasteiger charge is 2.26. The lowest BCUT2D eigenvalue weighted by Crippen LogP contribution is -2.49. The van der Waals surface area contributed by atoms with Crippen molar-refractivity contribution in [3.63, 3.8) is 0 Å². The molecule has 0 aliphatic heterocycles. The lowest BCUT2D eigenvalue weighted by molar-refractivity contribution is -0.140. The van der Waals surface area contributed by atoms with E-state index in [1.54, 1.807) is 35.7 Å². The Morgan fingerprint density at radius 2 is 1.74 bits per heavy atom. The second-order valence-electron chi connectivity index (χ2n) is 7.68. The van der Waals surface area contributed by atoms with E-state index < -0.39 is 6.04 Å². The fraction of sp³-hybridized carbons (Fsp3) is 0.417. The van der Waals surface area contributed by atoms with Crippen molar-refractivity contribution in [2.75, 3.05) is 5.75 Å². The van der Waals surface area contributed by atoms with Gasteiger partial charge in [0.2, 0.25) is 11.8 Å². The molecule has 0 aliphatic rings. The molecule has 4 nitrogen and oxygen atoms in total. The van der Waals surface area contributed by atoms with Crippen molar-refractivity contribution >= 4 is 46.8 Å². The van der Waals surface area contributed by atoms with Crippen LogP contribution >= 0.6 is 35.0 Å². The second kappa shape index (κ2) is 12.4. The molecule has 0 fully saturated rings. The standard InChI is InChI=1S/C24H30Cl2N2O2S/c1-5-17(3)27-24(30)18(4)28(15-19-8-11-21(25)22(26)14-19)23(29)12-13-31-20-9-6-16(2)7-10-20/h6-11,14,17-18H,5,12-13,15H2,1-4H3,(H,27,30)/t17-,18+/m1/s1. The van der Waals surface area contributed by atoms with Gasteiger partial charge in [0.05, 0.1) is 10.0 Å². The molecule has 0 radical (unpaired) electrons. The van der Waals surface area contributed by atoms with Crippen molar-refractivity contribution < 1.29 is 9.59 Å². The predicted molar refractivity (Wildman–Crippen MR) is 131 cm³/mol. The van der Waals surface area contributed by atoms with Gasteiger partial charge in [0.1, 0.15) is 6.04 Å². The van der Waals surface area contributed by atoms with Gasteiger partial charge in [-0.3, -0.25) is 9.59 Å². The molecule has 0 saturated carbocycles. The lowest BCUT2D eigenvalue weighted by atomic mass is 10.1. The van der Waals surface area contributed by atoms with Crippen LogP contribution < -0.4 is 5.32 Å². The van der Waals surface area contributed by atoms with E-state index in [2.05, 4.69) is 29.6 Å². The maximum absolute atomic E-state index is 13.1. The first-order valence-corrected chi connectivity index (χ1v) is 12.2. The smallest absolute Gasteiger partial charge is 0.242 e. The van der Waals surface area contributed by atoms with Crippen LogP contribution in [0.4, 0.5) is 0 Å². The third-order valence-electron chi connectivity index (χ3n) is 5.11. The summed E-state index contributed by atoms with van der Waals surface area (Å²) in [6, 6.07) is 13.0. The highest BCUT2D eigenvalue weighted by atomic mass is 35.5. The largest absolute Gasteiger partial charge is 0.352 e. The molecule has 0 bridgehead atoms. The SMILES string of the molecule is CC[C@@H](C)NC(=O)[C@H](C)N(Cc1ccc(Cl)c(Cl)c1)C(=O)CCSc1ccc(C)cc1. The molecule has 0 unspecified atom stereocenters. The van der Waals surface area contributed by atoms with Gasteiger partial charge >= 0.3 is 0 Å². The molecule has 2 aromatic carbocycles. The minimum Gasteiger partial charge on any atom is -0.352 e. The molecule has 7 heteroatoms. The van der Waals surface area contributed by atoms with E-state index in [1.165, 1.54) is 5.56 Å². The van der Waals surface area contributed by atoms with Gasteiger partial charge in [-0.05, 0) is 57.0 Å². The Morgan fingerprint density at radius 3 is 2.35 bits per heavy atom. The van der Waals surface area contributed by atoms with Crippen molar-refractivity contribution in [2.24, 2.45) is 0 Å². The zero-order valence-corrected chi connectivity index (χ0v) is 20.8. The Labute approximate surface area is 199 Å². The molecule has 0 heterocycles. The summed E-state index contributed by atoms with van der Waals surface area (Å²) >= 11 is 13.8. The zero-order valence-electron chi connectivity index (χ0n) is 18.5. The molecule has 0 saturated heterocycles. The molecule has 2 aromatic rings. The van der Waals surface area contributed by atoms with Crippen LogP contribution in [0.5, 0.6) is 0 Å². The van der Waals surface area contributed by atoms with E-state index in [0.29, 0.717) is 28.8 Å². The van der Waals surface area contributed by atoms with Crippen LogP contribution in [0.15, 0.2) is 47.4 Å². The van der Waals surface area contributed by atoms with Gasteiger partial charge in [-0.2, -0.15) is 0 Å². The topological polar surface area (TPSA) is 49.4 Å². The molecular formula is C24H30Cl2N2O2S. The number of nitrogens with one attached hydrogen (secondary N) is 1. The number of rotatable bonds is 10. The predicted octanol–water partition coefficient (Wildman–Crippen LogP) is 6.12. The van der Waals surface area contributed by atoms with Crippen LogP contribution in [-0.2, 0) is 16.1 Å². The summed E-state index contributed by atoms with van der Waals surface area (Å²) in [6.07, 6.45) is 1.16. The summed E-state index contributed by atoms with van der Waals surface area (Å²) in [4.78, 5) is 28.6. The number of thioether (sulfide) groups is 1. The number of hydrogen-bond donors (Lipinski definition) is 1. The minimum atomic E-state index is -0.597. The van der Waals surface area contributed by atoms with Crippen molar-refractivity contribution in [1.82, 2.24) is 10.2 Å². The first-order chi connectivity index (χ1) is 14.7. The molecule has 0 spiro atoms. The summed E-state index contributed by atoms with van der Waals surface area (Å²) in [5.41, 5.74) is 2.03. The Morgan fingerprint density at radius 1 is 1.06 bits per heavy atom. The molecular weight excluding hydrogens is 451 g/mol. The fourth-order valence-corrected chi connectivity index (χ4v) is 4.08. The Bertz CT molecular complexity index is 890. The third kappa shape index (κ3) is 8.06. The Hall–Kier alpha value is -1.69. The third-order valence-corrected chi connectivity index (χ3v) is 6.86. The van der Waals surface area contributed by atoms with E-state index in [0.717, 1.165) is 16.9 Å². The van der Waals surface area contributed by atoms with Crippen LogP contribution in [-0.4, -0.2) is 34.6 Å². The van der Waals surface area contributed by atoms with Crippen LogP contribution in [0.1, 0.15) is 44.7 Å². The van der Waals surface area contributed by atoms with E-state index >= 15 is 0 Å². The van der Waals surface area contributed by atoms with Gasteiger partial charge in [-0.15, -0.1) is 11.8 Å². The average Bonchev–Trinajstić information content (AvgIpc) is 2.75. The molecule has 2 amide bonds. The van der Waals surface area contributed by atoms with Crippen LogP contribution in [0, 0.1) is 6.92 Å². The molecule has 0 aromatic heterocycles. The summed E-state index contributed by atoms with van der Waals surface area (Å²) in [5.74, 6) is 0.408. The van der Waals surface area contributed by atoms with Crippen molar-refractivity contribution in [2.45, 2.75) is 64.1 Å². The molecule has 1 N–H and O–H groups in total. The first-order valence-electron chi connectivity index (χ1n) is 10.4. The molecule has 168 valence electrons. The second-order valence-corrected chi connectivity index (χ2v) is 9.66. The van der Waals surface area contributed by atoms with Crippen molar-refractivity contribution in [3.05, 3.63) is 63.6 Å². The van der Waals surface area contributed by atoms with Gasteiger partial charge in [0, 0.05) is 29.7 Å². The number of amides is 2. The van der Waals surface area contributed by atoms with Crippen LogP contribution in [0.25, 0.3) is 0 Å². The molecule has 2 rings (SSSR count). The first kappa shape index (κ1) is 25.6. The number of halogens is 2. The number of aryl methyl sites for hydroxylation is 1. The van der Waals surface area contributed by atoms with E-state index in [4.69, 9.17) is 23.2 Å². The number of hydrogen-bond acceptors (Lipinski definition) is 3. The molecule has 31 heavy (non-hydrogen) atoms. The Kier molecular flexibility index (Phi) is 10.2. The maximum atomic E-state index is 13.1. The minimum absolute atomic E-state index is 0.0500. The monoisotopic (exact) mass is 480 g/mol. The average molecular weight is 481 g/mol. The lowest BCUT2D eigenvalue weighted by Gasteiger charge is -2.30. The quantitative estimate of drug-likeness (QED) is 0.416. The maximum Gasteiger partial charge on any atom is 0.242 e. The summed E-state index contributed by atoms with van der Waals surface area (Å²) < 4.78 is 0. The molecule has 2 atom stereocenters. The fourth-order valence-electron chi connectivity index (χ4n) is 2.92. The van der Waals surface area contributed by atoms with Crippen molar-refractivity contribution in [1.29, 1.82) is 0 Å². The van der Waals surface area contributed by atoms with Gasteiger partial charge in [-0.25, -0.2) is 0 Å². The van der Waals surface area contributed by atoms with Crippen LogP contribution in [0.2, 0.25) is 10.0 Å². The highest BCUT2D eigenvalue weighted by molar-refractivity contribution is 7.99. The summed E-state index contributed by atoms with van der Waals surface area (Å²) in [7, 11) is 0. The van der Waals surface area contributed by atoms with E-state index in [1.807, 2.05) is 26.8 Å². The van der Waals surface area contributed by atoms with E-state index in [9.17, 15) is 9.59 Å². The zero-order chi connectivity index (χ0) is 23.0.